The van der Waals surface area contributed by atoms with E-state index in [1.54, 1.807) is 6.26 Å². The molecular formula is C22H27NO4. The van der Waals surface area contributed by atoms with Crippen molar-refractivity contribution >= 4 is 22.8 Å². The fraction of sp³-hybridized carbons (Fsp3) is 0.545. The van der Waals surface area contributed by atoms with E-state index in [2.05, 4.69) is 24.4 Å². The summed E-state index contributed by atoms with van der Waals surface area (Å²) in [6, 6.07) is 4.43. The molecule has 0 saturated heterocycles. The molecule has 5 heteroatoms. The molecule has 4 rings (SSSR count). The minimum atomic E-state index is -0.398. The van der Waals surface area contributed by atoms with E-state index >= 15 is 0 Å². The van der Waals surface area contributed by atoms with Gasteiger partial charge in [-0.15, -0.1) is 0 Å². The number of hydrogen-bond acceptors (Lipinski definition) is 4. The minimum absolute atomic E-state index is 0.124. The number of amides is 1. The van der Waals surface area contributed by atoms with Gasteiger partial charge in [0.1, 0.15) is 5.58 Å². The van der Waals surface area contributed by atoms with Crippen LogP contribution in [0.2, 0.25) is 0 Å². The van der Waals surface area contributed by atoms with Crippen LogP contribution < -0.4 is 5.32 Å². The molecule has 1 amide bonds. The Hall–Kier alpha value is -2.30. The molecule has 0 spiro atoms. The Labute approximate surface area is 159 Å². The van der Waals surface area contributed by atoms with Gasteiger partial charge in [-0.25, -0.2) is 0 Å². The van der Waals surface area contributed by atoms with E-state index in [1.807, 2.05) is 0 Å². The van der Waals surface area contributed by atoms with Gasteiger partial charge < -0.3 is 14.5 Å². The largest absolute Gasteiger partial charge is 0.464 e. The van der Waals surface area contributed by atoms with E-state index < -0.39 is 5.97 Å². The van der Waals surface area contributed by atoms with Crippen molar-refractivity contribution in [3.05, 3.63) is 35.1 Å². The number of esters is 1. The number of ether oxygens (including phenoxy) is 1. The summed E-state index contributed by atoms with van der Waals surface area (Å²) in [4.78, 5) is 24.3. The Morgan fingerprint density at radius 3 is 2.74 bits per heavy atom. The topological polar surface area (TPSA) is 68.5 Å². The average molecular weight is 369 g/mol. The number of furan rings is 1. The quantitative estimate of drug-likeness (QED) is 0.816. The van der Waals surface area contributed by atoms with Crippen molar-refractivity contribution in [2.75, 3.05) is 6.61 Å². The molecule has 1 aromatic carbocycles. The Morgan fingerprint density at radius 2 is 1.93 bits per heavy atom. The van der Waals surface area contributed by atoms with Crippen LogP contribution in [0.5, 0.6) is 0 Å². The van der Waals surface area contributed by atoms with Gasteiger partial charge in [0.15, 0.2) is 6.61 Å². The van der Waals surface area contributed by atoms with Crippen molar-refractivity contribution < 1.29 is 18.7 Å². The Bertz CT molecular complexity index is 853. The normalized spacial score (nSPS) is 21.8. The highest BCUT2D eigenvalue weighted by Gasteiger charge is 2.23. The number of rotatable bonds is 5. The van der Waals surface area contributed by atoms with Gasteiger partial charge in [0.05, 0.1) is 12.7 Å². The molecule has 0 radical (unpaired) electrons. The first-order chi connectivity index (χ1) is 13.1. The van der Waals surface area contributed by atoms with Crippen molar-refractivity contribution in [2.24, 2.45) is 5.92 Å². The van der Waals surface area contributed by atoms with Crippen molar-refractivity contribution in [3.63, 3.8) is 0 Å². The third-order valence-electron chi connectivity index (χ3n) is 6.03. The highest BCUT2D eigenvalue weighted by molar-refractivity contribution is 5.88. The van der Waals surface area contributed by atoms with Gasteiger partial charge in [-0.1, -0.05) is 19.8 Å². The molecule has 1 aromatic heterocycles. The summed E-state index contributed by atoms with van der Waals surface area (Å²) in [5, 5.41) is 3.99. The molecule has 1 fully saturated rings. The fourth-order valence-corrected chi connectivity index (χ4v) is 4.42. The lowest BCUT2D eigenvalue weighted by molar-refractivity contribution is -0.148. The number of hydrogen-bond donors (Lipinski definition) is 1. The highest BCUT2D eigenvalue weighted by Crippen LogP contribution is 2.30. The lowest BCUT2D eigenvalue weighted by Gasteiger charge is -2.29. The van der Waals surface area contributed by atoms with Gasteiger partial charge in [0.25, 0.3) is 5.91 Å². The maximum absolute atomic E-state index is 12.2. The molecule has 5 nitrogen and oxygen atoms in total. The third kappa shape index (κ3) is 4.02. The van der Waals surface area contributed by atoms with E-state index in [0.717, 1.165) is 48.6 Å². The molecule has 2 aliphatic rings. The van der Waals surface area contributed by atoms with Crippen LogP contribution in [0.4, 0.5) is 0 Å². The molecule has 0 aliphatic heterocycles. The van der Waals surface area contributed by atoms with Crippen LogP contribution in [0.3, 0.4) is 0 Å². The van der Waals surface area contributed by atoms with E-state index in [4.69, 9.17) is 9.15 Å². The Morgan fingerprint density at radius 1 is 1.15 bits per heavy atom. The van der Waals surface area contributed by atoms with Crippen LogP contribution in [0.15, 0.2) is 22.8 Å². The smallest absolute Gasteiger partial charge is 0.310 e. The molecule has 2 aromatic rings. The zero-order chi connectivity index (χ0) is 18.8. The minimum Gasteiger partial charge on any atom is -0.464 e. The number of nitrogens with one attached hydrogen (secondary N) is 1. The number of carbonyl (C=O) groups excluding carboxylic acids is 2. The van der Waals surface area contributed by atoms with Gasteiger partial charge >= 0.3 is 5.97 Å². The molecule has 2 atom stereocenters. The van der Waals surface area contributed by atoms with Crippen LogP contribution in [0.25, 0.3) is 11.0 Å². The van der Waals surface area contributed by atoms with Crippen LogP contribution in [-0.2, 0) is 33.6 Å². The lowest BCUT2D eigenvalue weighted by atomic mass is 9.86. The predicted octanol–water partition coefficient (Wildman–Crippen LogP) is 3.70. The second-order valence-corrected chi connectivity index (χ2v) is 8.00. The van der Waals surface area contributed by atoms with Gasteiger partial charge in [-0.05, 0) is 61.3 Å². The van der Waals surface area contributed by atoms with Crippen LogP contribution in [0, 0.1) is 5.92 Å². The zero-order valence-corrected chi connectivity index (χ0v) is 15.9. The van der Waals surface area contributed by atoms with E-state index in [0.29, 0.717) is 5.92 Å². The maximum Gasteiger partial charge on any atom is 0.310 e. The SMILES string of the molecule is CC1CCCCC1NC(=O)COC(=O)Cc1coc2cc3c(cc12)CCC3. The van der Waals surface area contributed by atoms with Gasteiger partial charge in [0, 0.05) is 17.0 Å². The Kier molecular flexibility index (Phi) is 5.19. The molecule has 144 valence electrons. The number of fused-ring (bicyclic) bond motifs is 2. The first-order valence-corrected chi connectivity index (χ1v) is 10.1. The number of aryl methyl sites for hydroxylation is 2. The van der Waals surface area contributed by atoms with Gasteiger partial charge in [-0.3, -0.25) is 9.59 Å². The average Bonchev–Trinajstić information content (AvgIpc) is 3.27. The van der Waals surface area contributed by atoms with Crippen LogP contribution >= 0.6 is 0 Å². The molecule has 2 aliphatic carbocycles. The maximum atomic E-state index is 12.2. The molecule has 27 heavy (non-hydrogen) atoms. The lowest BCUT2D eigenvalue weighted by Crippen LogP contribution is -2.42. The standard InChI is InChI=1S/C22H27NO4/c1-14-5-2-3-8-19(14)23-21(24)13-27-22(25)11-17-12-26-20-10-16-7-4-6-15(16)9-18(17)20/h9-10,12,14,19H,2-8,11,13H2,1H3,(H,23,24). The summed E-state index contributed by atoms with van der Waals surface area (Å²) in [6.45, 7) is 1.95. The monoisotopic (exact) mass is 369 g/mol. The third-order valence-corrected chi connectivity index (χ3v) is 6.03. The second-order valence-electron chi connectivity index (χ2n) is 8.00. The summed E-state index contributed by atoms with van der Waals surface area (Å²) in [6.07, 6.45) is 9.63. The summed E-state index contributed by atoms with van der Waals surface area (Å²) >= 11 is 0. The van der Waals surface area contributed by atoms with E-state index in [9.17, 15) is 9.59 Å². The van der Waals surface area contributed by atoms with Gasteiger partial charge in [-0.2, -0.15) is 0 Å². The van der Waals surface area contributed by atoms with E-state index in [1.165, 1.54) is 24.0 Å². The summed E-state index contributed by atoms with van der Waals surface area (Å²) in [5.41, 5.74) is 4.34. The predicted molar refractivity (Wildman–Crippen MR) is 102 cm³/mol. The first-order valence-electron chi connectivity index (χ1n) is 10.1. The zero-order valence-electron chi connectivity index (χ0n) is 15.9. The summed E-state index contributed by atoms with van der Waals surface area (Å²) < 4.78 is 10.8. The summed E-state index contributed by atoms with van der Waals surface area (Å²) in [5.74, 6) is -0.126. The molecule has 1 N–H and O–H groups in total. The van der Waals surface area contributed by atoms with Crippen molar-refractivity contribution in [1.82, 2.24) is 5.32 Å². The van der Waals surface area contributed by atoms with Crippen molar-refractivity contribution in [3.8, 4) is 0 Å². The molecular weight excluding hydrogens is 342 g/mol. The van der Waals surface area contributed by atoms with Crippen molar-refractivity contribution in [1.29, 1.82) is 0 Å². The second kappa shape index (κ2) is 7.75. The first kappa shape index (κ1) is 18.1. The van der Waals surface area contributed by atoms with E-state index in [-0.39, 0.29) is 25.0 Å². The summed E-state index contributed by atoms with van der Waals surface area (Å²) in [7, 11) is 0. The molecule has 1 saturated carbocycles. The molecule has 1 heterocycles. The Balaban J connectivity index is 1.32. The van der Waals surface area contributed by atoms with Crippen LogP contribution in [-0.4, -0.2) is 24.5 Å². The number of benzene rings is 1. The fourth-order valence-electron chi connectivity index (χ4n) is 4.42. The molecule has 0 bridgehead atoms. The van der Waals surface area contributed by atoms with Gasteiger partial charge in [0.2, 0.25) is 0 Å². The molecule has 2 unspecified atom stereocenters. The van der Waals surface area contributed by atoms with Crippen molar-refractivity contribution in [2.45, 2.75) is 64.3 Å². The highest BCUT2D eigenvalue weighted by atomic mass is 16.5. The number of carbonyl (C=O) groups is 2. The van der Waals surface area contributed by atoms with Crippen LogP contribution in [0.1, 0.15) is 55.7 Å².